The van der Waals surface area contributed by atoms with Crippen molar-refractivity contribution in [3.8, 4) is 0 Å². The number of hydrogen-bond acceptors (Lipinski definition) is 5. The lowest BCUT2D eigenvalue weighted by atomic mass is 9.95. The van der Waals surface area contributed by atoms with Crippen LogP contribution in [0.5, 0.6) is 0 Å². The molecular formula is C17H19NO3S2. The maximum Gasteiger partial charge on any atom is 0.341 e. The highest BCUT2D eigenvalue weighted by atomic mass is 32.1. The van der Waals surface area contributed by atoms with Gasteiger partial charge >= 0.3 is 5.97 Å². The van der Waals surface area contributed by atoms with Gasteiger partial charge in [-0.05, 0) is 49.1 Å². The Labute approximate surface area is 143 Å². The average Bonchev–Trinajstić information content (AvgIpc) is 3.19. The Morgan fingerprint density at radius 2 is 2.13 bits per heavy atom. The van der Waals surface area contributed by atoms with Gasteiger partial charge in [0.1, 0.15) is 5.00 Å². The number of carbonyl (C=O) groups excluding carboxylic acids is 2. The summed E-state index contributed by atoms with van der Waals surface area (Å²) in [4.78, 5) is 26.8. The van der Waals surface area contributed by atoms with E-state index < -0.39 is 0 Å². The number of nitrogens with one attached hydrogen (secondary N) is 1. The van der Waals surface area contributed by atoms with Crippen LogP contribution in [-0.2, 0) is 28.8 Å². The van der Waals surface area contributed by atoms with Gasteiger partial charge in [0.2, 0.25) is 5.91 Å². The molecule has 1 amide bonds. The van der Waals surface area contributed by atoms with Crippen LogP contribution in [0.25, 0.3) is 0 Å². The number of thiophene rings is 2. The van der Waals surface area contributed by atoms with Crippen molar-refractivity contribution in [1.82, 2.24) is 0 Å². The molecule has 0 radical (unpaired) electrons. The minimum Gasteiger partial charge on any atom is -0.465 e. The van der Waals surface area contributed by atoms with Crippen LogP contribution < -0.4 is 5.32 Å². The highest BCUT2D eigenvalue weighted by molar-refractivity contribution is 7.17. The molecule has 3 rings (SSSR count). The Kier molecular flexibility index (Phi) is 5.13. The fourth-order valence-electron chi connectivity index (χ4n) is 2.85. The maximum atomic E-state index is 12.2. The monoisotopic (exact) mass is 349 g/mol. The number of carbonyl (C=O) groups is 2. The summed E-state index contributed by atoms with van der Waals surface area (Å²) >= 11 is 3.18. The van der Waals surface area contributed by atoms with Crippen molar-refractivity contribution >= 4 is 39.6 Å². The molecule has 0 aliphatic heterocycles. The molecule has 4 nitrogen and oxygen atoms in total. The van der Waals surface area contributed by atoms with E-state index in [1.165, 1.54) is 28.2 Å². The number of fused-ring (bicyclic) bond motifs is 1. The van der Waals surface area contributed by atoms with Crippen LogP contribution in [0.4, 0.5) is 5.00 Å². The third kappa shape index (κ3) is 3.64. The molecule has 2 aromatic heterocycles. The number of esters is 1. The predicted molar refractivity (Wildman–Crippen MR) is 93.6 cm³/mol. The van der Waals surface area contributed by atoms with Crippen LogP contribution >= 0.6 is 22.7 Å². The molecule has 122 valence electrons. The first-order valence-corrected chi connectivity index (χ1v) is 9.43. The number of amides is 1. The minimum atomic E-state index is -0.349. The average molecular weight is 349 g/mol. The zero-order chi connectivity index (χ0) is 16.2. The third-order valence-electron chi connectivity index (χ3n) is 3.99. The summed E-state index contributed by atoms with van der Waals surface area (Å²) in [6.07, 6.45) is 5.24. The van der Waals surface area contributed by atoms with Crippen molar-refractivity contribution < 1.29 is 14.3 Å². The van der Waals surface area contributed by atoms with E-state index in [2.05, 4.69) is 5.32 Å². The SMILES string of the molecule is COC(=O)c1c(NC(=O)CCc2cccs2)sc2c1CCCC2. The van der Waals surface area contributed by atoms with Gasteiger partial charge in [-0.3, -0.25) is 4.79 Å². The van der Waals surface area contributed by atoms with E-state index in [1.54, 1.807) is 11.3 Å². The quantitative estimate of drug-likeness (QED) is 0.829. The van der Waals surface area contributed by atoms with Gasteiger partial charge in [0, 0.05) is 16.2 Å². The van der Waals surface area contributed by atoms with Gasteiger partial charge in [-0.25, -0.2) is 4.79 Å². The Hall–Kier alpha value is -1.66. The highest BCUT2D eigenvalue weighted by Crippen LogP contribution is 2.38. The number of rotatable bonds is 5. The summed E-state index contributed by atoms with van der Waals surface area (Å²) in [6.45, 7) is 0. The van der Waals surface area contributed by atoms with Crippen LogP contribution in [0.15, 0.2) is 17.5 Å². The zero-order valence-corrected chi connectivity index (χ0v) is 14.6. The van der Waals surface area contributed by atoms with E-state index in [0.717, 1.165) is 37.7 Å². The second-order valence-corrected chi connectivity index (χ2v) is 7.67. The fourth-order valence-corrected chi connectivity index (χ4v) is 4.86. The maximum absolute atomic E-state index is 12.2. The van der Waals surface area contributed by atoms with Crippen LogP contribution in [-0.4, -0.2) is 19.0 Å². The summed E-state index contributed by atoms with van der Waals surface area (Å²) in [5.74, 6) is -0.403. The molecule has 0 fully saturated rings. The highest BCUT2D eigenvalue weighted by Gasteiger charge is 2.26. The van der Waals surface area contributed by atoms with Crippen molar-refractivity contribution in [1.29, 1.82) is 0 Å². The van der Waals surface area contributed by atoms with Crippen molar-refractivity contribution in [3.05, 3.63) is 38.4 Å². The van der Waals surface area contributed by atoms with Crippen LogP contribution in [0.2, 0.25) is 0 Å². The molecule has 0 saturated heterocycles. The summed E-state index contributed by atoms with van der Waals surface area (Å²) in [5.41, 5.74) is 1.64. The molecule has 0 saturated carbocycles. The molecule has 6 heteroatoms. The number of hydrogen-bond donors (Lipinski definition) is 1. The lowest BCUT2D eigenvalue weighted by molar-refractivity contribution is -0.116. The number of anilines is 1. The van der Waals surface area contributed by atoms with Gasteiger partial charge in [0.25, 0.3) is 0 Å². The molecule has 0 spiro atoms. The van der Waals surface area contributed by atoms with Crippen LogP contribution in [0, 0.1) is 0 Å². The first-order valence-electron chi connectivity index (χ1n) is 7.74. The van der Waals surface area contributed by atoms with E-state index in [-0.39, 0.29) is 11.9 Å². The van der Waals surface area contributed by atoms with Gasteiger partial charge in [-0.1, -0.05) is 6.07 Å². The predicted octanol–water partition coefficient (Wildman–Crippen LogP) is 4.05. The van der Waals surface area contributed by atoms with E-state index in [4.69, 9.17) is 4.74 Å². The molecule has 1 aliphatic carbocycles. The van der Waals surface area contributed by atoms with E-state index >= 15 is 0 Å². The smallest absolute Gasteiger partial charge is 0.341 e. The summed E-state index contributed by atoms with van der Waals surface area (Å²) in [7, 11) is 1.39. The van der Waals surface area contributed by atoms with Gasteiger partial charge in [0.15, 0.2) is 0 Å². The molecule has 0 atom stereocenters. The number of ether oxygens (including phenoxy) is 1. The van der Waals surface area contributed by atoms with Gasteiger partial charge in [-0.2, -0.15) is 0 Å². The van der Waals surface area contributed by atoms with Gasteiger partial charge < -0.3 is 10.1 Å². The number of aryl methyl sites for hydroxylation is 2. The molecule has 0 aromatic carbocycles. The first kappa shape index (κ1) is 16.2. The van der Waals surface area contributed by atoms with Crippen LogP contribution in [0.3, 0.4) is 0 Å². The van der Waals surface area contributed by atoms with Crippen LogP contribution in [0.1, 0.15) is 44.9 Å². The third-order valence-corrected chi connectivity index (χ3v) is 6.14. The Morgan fingerprint density at radius 3 is 2.87 bits per heavy atom. The lowest BCUT2D eigenvalue weighted by Crippen LogP contribution is -2.15. The van der Waals surface area contributed by atoms with Crippen molar-refractivity contribution in [3.63, 3.8) is 0 Å². The van der Waals surface area contributed by atoms with E-state index in [1.807, 2.05) is 17.5 Å². The number of methoxy groups -OCH3 is 1. The molecule has 0 bridgehead atoms. The summed E-state index contributed by atoms with van der Waals surface area (Å²) < 4.78 is 4.92. The van der Waals surface area contributed by atoms with Crippen molar-refractivity contribution in [2.75, 3.05) is 12.4 Å². The molecule has 1 aliphatic rings. The van der Waals surface area contributed by atoms with Gasteiger partial charge in [-0.15, -0.1) is 22.7 Å². The second-order valence-electron chi connectivity index (χ2n) is 5.53. The van der Waals surface area contributed by atoms with E-state index in [9.17, 15) is 9.59 Å². The van der Waals surface area contributed by atoms with E-state index in [0.29, 0.717) is 17.0 Å². The molecule has 23 heavy (non-hydrogen) atoms. The molecular weight excluding hydrogens is 330 g/mol. The standard InChI is InChI=1S/C17H19NO3S2/c1-21-17(20)15-12-6-2-3-7-13(12)23-16(15)18-14(19)9-8-11-5-4-10-22-11/h4-5,10H,2-3,6-9H2,1H3,(H,18,19). The molecule has 2 aromatic rings. The molecule has 2 heterocycles. The Bertz CT molecular complexity index is 704. The summed E-state index contributed by atoms with van der Waals surface area (Å²) in [5, 5.41) is 5.59. The lowest BCUT2D eigenvalue weighted by Gasteiger charge is -2.11. The Balaban J connectivity index is 1.74. The summed E-state index contributed by atoms with van der Waals surface area (Å²) in [6, 6.07) is 4.02. The van der Waals surface area contributed by atoms with Gasteiger partial charge in [0.05, 0.1) is 12.7 Å². The van der Waals surface area contributed by atoms with Crippen molar-refractivity contribution in [2.24, 2.45) is 0 Å². The molecule has 0 unspecified atom stereocenters. The first-order chi connectivity index (χ1) is 11.2. The topological polar surface area (TPSA) is 55.4 Å². The zero-order valence-electron chi connectivity index (χ0n) is 13.0. The Morgan fingerprint density at radius 1 is 1.30 bits per heavy atom. The fraction of sp³-hybridized carbons (Fsp3) is 0.412. The normalized spacial score (nSPS) is 13.4. The van der Waals surface area contributed by atoms with Crippen molar-refractivity contribution in [2.45, 2.75) is 38.5 Å². The molecule has 1 N–H and O–H groups in total. The second kappa shape index (κ2) is 7.27. The largest absolute Gasteiger partial charge is 0.465 e. The minimum absolute atomic E-state index is 0.0536.